The summed E-state index contributed by atoms with van der Waals surface area (Å²) in [5.41, 5.74) is 0.856. The van der Waals surface area contributed by atoms with E-state index in [4.69, 9.17) is 4.74 Å². The largest absolute Gasteiger partial charge is 0.426 e. The highest BCUT2D eigenvalue weighted by Gasteiger charge is 2.19. The molecule has 4 heteroatoms. The molecule has 0 radical (unpaired) electrons. The summed E-state index contributed by atoms with van der Waals surface area (Å²) in [6.45, 7) is 3.83. The first-order chi connectivity index (χ1) is 11.0. The normalized spacial score (nSPS) is 10.4. The molecule has 118 valence electrons. The summed E-state index contributed by atoms with van der Waals surface area (Å²) in [6.07, 6.45) is 0.911. The summed E-state index contributed by atoms with van der Waals surface area (Å²) in [6, 6.07) is 13.1. The van der Waals surface area contributed by atoms with Crippen molar-refractivity contribution in [3.05, 3.63) is 65.2 Å². The summed E-state index contributed by atoms with van der Waals surface area (Å²) in [4.78, 5) is 35.7. The van der Waals surface area contributed by atoms with E-state index in [-0.39, 0.29) is 41.0 Å². The molecule has 4 nitrogen and oxygen atoms in total. The van der Waals surface area contributed by atoms with Gasteiger partial charge in [-0.1, -0.05) is 50.2 Å². The van der Waals surface area contributed by atoms with E-state index in [0.717, 1.165) is 0 Å². The fourth-order valence-corrected chi connectivity index (χ4v) is 2.19. The molecule has 0 fully saturated rings. The Morgan fingerprint density at radius 2 is 1.61 bits per heavy atom. The van der Waals surface area contributed by atoms with E-state index in [1.165, 1.54) is 0 Å². The Kier molecular flexibility index (Phi) is 5.41. The molecule has 0 saturated heterocycles. The molecule has 0 atom stereocenters. The number of esters is 1. The van der Waals surface area contributed by atoms with Crippen LogP contribution in [0.2, 0.25) is 0 Å². The SMILES string of the molecule is CC(C)CC(=O)Oc1ccccc1C(=O)c1ccccc1C=O. The molecule has 0 heterocycles. The maximum atomic E-state index is 12.7. The second-order valence-electron chi connectivity index (χ2n) is 5.60. The Bertz CT molecular complexity index is 732. The van der Waals surface area contributed by atoms with E-state index < -0.39 is 0 Å². The van der Waals surface area contributed by atoms with Crippen LogP contribution >= 0.6 is 0 Å². The number of para-hydroxylation sites is 1. The number of benzene rings is 2. The van der Waals surface area contributed by atoms with Crippen molar-refractivity contribution in [2.75, 3.05) is 0 Å². The van der Waals surface area contributed by atoms with Crippen molar-refractivity contribution < 1.29 is 19.1 Å². The molecule has 2 aromatic carbocycles. The molecular weight excluding hydrogens is 292 g/mol. The van der Waals surface area contributed by atoms with Gasteiger partial charge in [0.1, 0.15) is 5.75 Å². The second-order valence-corrected chi connectivity index (χ2v) is 5.60. The molecule has 2 aromatic rings. The molecule has 0 aromatic heterocycles. The lowest BCUT2D eigenvalue weighted by molar-refractivity contribution is -0.135. The predicted octanol–water partition coefficient (Wildman–Crippen LogP) is 3.68. The van der Waals surface area contributed by atoms with E-state index in [2.05, 4.69) is 0 Å². The van der Waals surface area contributed by atoms with Crippen molar-refractivity contribution in [2.45, 2.75) is 20.3 Å². The van der Waals surface area contributed by atoms with Gasteiger partial charge in [-0.2, -0.15) is 0 Å². The fraction of sp³-hybridized carbons (Fsp3) is 0.211. The predicted molar refractivity (Wildman–Crippen MR) is 86.8 cm³/mol. The molecular formula is C19H18O4. The third-order valence-corrected chi connectivity index (χ3v) is 3.26. The highest BCUT2D eigenvalue weighted by Crippen LogP contribution is 2.23. The Morgan fingerprint density at radius 1 is 1.00 bits per heavy atom. The van der Waals surface area contributed by atoms with E-state index >= 15 is 0 Å². The summed E-state index contributed by atoms with van der Waals surface area (Å²) < 4.78 is 5.32. The Balaban J connectivity index is 2.34. The maximum absolute atomic E-state index is 12.7. The topological polar surface area (TPSA) is 60.4 Å². The summed E-state index contributed by atoms with van der Waals surface area (Å²) in [7, 11) is 0. The molecule has 0 saturated carbocycles. The molecule has 2 rings (SSSR count). The molecule has 23 heavy (non-hydrogen) atoms. The Hall–Kier alpha value is -2.75. The standard InChI is InChI=1S/C19H18O4/c1-13(2)11-18(21)23-17-10-6-5-9-16(17)19(22)15-8-4-3-7-14(15)12-20/h3-10,12-13H,11H2,1-2H3. The molecule has 0 amide bonds. The van der Waals surface area contributed by atoms with Crippen molar-refractivity contribution in [1.29, 1.82) is 0 Å². The van der Waals surface area contributed by atoms with E-state index in [1.54, 1.807) is 48.5 Å². The fourth-order valence-electron chi connectivity index (χ4n) is 2.19. The van der Waals surface area contributed by atoms with Crippen LogP contribution in [0.4, 0.5) is 0 Å². The Labute approximate surface area is 135 Å². The summed E-state index contributed by atoms with van der Waals surface area (Å²) in [5.74, 6) is -0.352. The lowest BCUT2D eigenvalue weighted by Gasteiger charge is -2.11. The van der Waals surface area contributed by atoms with Crippen LogP contribution in [-0.2, 0) is 4.79 Å². The van der Waals surface area contributed by atoms with Crippen LogP contribution in [0.15, 0.2) is 48.5 Å². The van der Waals surface area contributed by atoms with Crippen LogP contribution in [0.3, 0.4) is 0 Å². The number of hydrogen-bond donors (Lipinski definition) is 0. The highest BCUT2D eigenvalue weighted by atomic mass is 16.5. The van der Waals surface area contributed by atoms with Gasteiger partial charge in [-0.3, -0.25) is 14.4 Å². The van der Waals surface area contributed by atoms with Gasteiger partial charge in [0.2, 0.25) is 0 Å². The number of carbonyl (C=O) groups excluding carboxylic acids is 3. The summed E-state index contributed by atoms with van der Waals surface area (Å²) >= 11 is 0. The number of carbonyl (C=O) groups is 3. The lowest BCUT2D eigenvalue weighted by atomic mass is 9.98. The zero-order valence-corrected chi connectivity index (χ0v) is 13.1. The van der Waals surface area contributed by atoms with Gasteiger partial charge in [0, 0.05) is 17.5 Å². The first kappa shape index (κ1) is 16.6. The quantitative estimate of drug-likeness (QED) is 0.353. The van der Waals surface area contributed by atoms with Crippen molar-refractivity contribution in [3.63, 3.8) is 0 Å². The minimum Gasteiger partial charge on any atom is -0.426 e. The maximum Gasteiger partial charge on any atom is 0.311 e. The van der Waals surface area contributed by atoms with Crippen LogP contribution in [0.25, 0.3) is 0 Å². The van der Waals surface area contributed by atoms with Crippen LogP contribution < -0.4 is 4.74 Å². The van der Waals surface area contributed by atoms with Gasteiger partial charge in [-0.15, -0.1) is 0 Å². The number of rotatable bonds is 6. The monoisotopic (exact) mass is 310 g/mol. The number of ether oxygens (including phenoxy) is 1. The smallest absolute Gasteiger partial charge is 0.311 e. The molecule has 0 N–H and O–H groups in total. The van der Waals surface area contributed by atoms with Crippen molar-refractivity contribution in [1.82, 2.24) is 0 Å². The zero-order valence-electron chi connectivity index (χ0n) is 13.1. The molecule has 0 aliphatic carbocycles. The third-order valence-electron chi connectivity index (χ3n) is 3.26. The van der Waals surface area contributed by atoms with Crippen LogP contribution in [0.1, 0.15) is 46.5 Å². The van der Waals surface area contributed by atoms with Crippen LogP contribution in [-0.4, -0.2) is 18.0 Å². The first-order valence-electron chi connectivity index (χ1n) is 7.41. The molecule has 0 spiro atoms. The lowest BCUT2D eigenvalue weighted by Crippen LogP contribution is -2.14. The first-order valence-corrected chi connectivity index (χ1v) is 7.41. The van der Waals surface area contributed by atoms with E-state index in [9.17, 15) is 14.4 Å². The van der Waals surface area contributed by atoms with Gasteiger partial charge in [0.05, 0.1) is 5.56 Å². The van der Waals surface area contributed by atoms with Crippen molar-refractivity contribution in [3.8, 4) is 5.75 Å². The number of hydrogen-bond acceptors (Lipinski definition) is 4. The van der Waals surface area contributed by atoms with Crippen molar-refractivity contribution >= 4 is 18.0 Å². The van der Waals surface area contributed by atoms with Crippen LogP contribution in [0.5, 0.6) is 5.75 Å². The zero-order chi connectivity index (χ0) is 16.8. The third kappa shape index (κ3) is 4.13. The van der Waals surface area contributed by atoms with Gasteiger partial charge in [-0.25, -0.2) is 0 Å². The average molecular weight is 310 g/mol. The van der Waals surface area contributed by atoms with Gasteiger partial charge in [-0.05, 0) is 18.1 Å². The van der Waals surface area contributed by atoms with Crippen molar-refractivity contribution in [2.24, 2.45) is 5.92 Å². The van der Waals surface area contributed by atoms with Gasteiger partial charge < -0.3 is 4.74 Å². The minimum atomic E-state index is -0.385. The molecule has 0 unspecified atom stereocenters. The molecule has 0 bridgehead atoms. The summed E-state index contributed by atoms with van der Waals surface area (Å²) in [5, 5.41) is 0. The van der Waals surface area contributed by atoms with E-state index in [0.29, 0.717) is 11.8 Å². The minimum absolute atomic E-state index is 0.168. The number of ketones is 1. The average Bonchev–Trinajstić information content (AvgIpc) is 2.54. The second kappa shape index (κ2) is 7.49. The highest BCUT2D eigenvalue weighted by molar-refractivity contribution is 6.14. The molecule has 0 aliphatic rings. The van der Waals surface area contributed by atoms with Gasteiger partial charge in [0.15, 0.2) is 12.1 Å². The molecule has 0 aliphatic heterocycles. The van der Waals surface area contributed by atoms with Crippen LogP contribution in [0, 0.1) is 5.92 Å². The van der Waals surface area contributed by atoms with Gasteiger partial charge in [0.25, 0.3) is 0 Å². The number of aldehydes is 1. The van der Waals surface area contributed by atoms with E-state index in [1.807, 2.05) is 13.8 Å². The Morgan fingerprint density at radius 3 is 2.26 bits per heavy atom. The van der Waals surface area contributed by atoms with Gasteiger partial charge >= 0.3 is 5.97 Å².